The van der Waals surface area contributed by atoms with Crippen molar-refractivity contribution in [3.8, 4) is 17.2 Å². The van der Waals surface area contributed by atoms with Crippen molar-refractivity contribution in [1.29, 1.82) is 0 Å². The predicted molar refractivity (Wildman–Crippen MR) is 182 cm³/mol. The van der Waals surface area contributed by atoms with Crippen LogP contribution in [0, 0.1) is 0 Å². The molecule has 6 heteroatoms. The molecule has 0 spiro atoms. The highest BCUT2D eigenvalue weighted by Crippen LogP contribution is 2.41. The minimum absolute atomic E-state index is 0.436. The van der Waals surface area contributed by atoms with E-state index < -0.39 is 7.12 Å². The zero-order valence-electron chi connectivity index (χ0n) is 23.5. The van der Waals surface area contributed by atoms with Crippen LogP contribution in [-0.4, -0.2) is 31.7 Å². The van der Waals surface area contributed by atoms with E-state index in [4.69, 9.17) is 9.97 Å². The van der Waals surface area contributed by atoms with Crippen molar-refractivity contribution in [1.82, 2.24) is 14.5 Å². The fourth-order valence-corrected chi connectivity index (χ4v) is 6.85. The maximum atomic E-state index is 10.1. The Kier molecular flexibility index (Phi) is 5.38. The lowest BCUT2D eigenvalue weighted by Gasteiger charge is -2.16. The predicted octanol–water partition coefficient (Wildman–Crippen LogP) is 7.53. The number of rotatable bonds is 3. The fourth-order valence-electron chi connectivity index (χ4n) is 6.85. The molecule has 0 bridgehead atoms. The highest BCUT2D eigenvalue weighted by Gasteiger charge is 2.22. The van der Waals surface area contributed by atoms with E-state index >= 15 is 0 Å². The Hall–Kier alpha value is -5.56. The summed E-state index contributed by atoms with van der Waals surface area (Å²) in [6.45, 7) is 0. The summed E-state index contributed by atoms with van der Waals surface area (Å²) in [7, 11) is -1.57. The third-order valence-corrected chi connectivity index (χ3v) is 8.79. The summed E-state index contributed by atoms with van der Waals surface area (Å²) in [5.41, 5.74) is 5.05. The van der Waals surface area contributed by atoms with Crippen molar-refractivity contribution in [2.24, 2.45) is 0 Å². The van der Waals surface area contributed by atoms with E-state index in [1.165, 1.54) is 5.39 Å². The van der Waals surface area contributed by atoms with E-state index in [0.717, 1.165) is 70.9 Å². The van der Waals surface area contributed by atoms with E-state index in [1.54, 1.807) is 6.07 Å². The Bertz CT molecular complexity index is 2590. The standard InChI is InChI=1S/C38H24BN3O2/c43-39(44)25-19-21-32-31(22-25)34-26-13-5-4-10-23(26)18-20-33(34)42(32)38-40-36(24-11-2-1-3-12-24)35-29-16-8-6-14-27(29)28-15-7-9-17-30(28)37(35)41-38/h1-22,43-44H. The van der Waals surface area contributed by atoms with Gasteiger partial charge in [-0.2, -0.15) is 0 Å². The number of hydrogen-bond acceptors (Lipinski definition) is 4. The first-order valence-electron chi connectivity index (χ1n) is 14.7. The molecule has 7 aromatic carbocycles. The molecule has 0 amide bonds. The first kappa shape index (κ1) is 25.0. The van der Waals surface area contributed by atoms with Crippen LogP contribution in [0.4, 0.5) is 0 Å². The second-order valence-corrected chi connectivity index (χ2v) is 11.2. The quantitative estimate of drug-likeness (QED) is 0.172. The van der Waals surface area contributed by atoms with Gasteiger partial charge in [-0.05, 0) is 44.5 Å². The normalized spacial score (nSPS) is 11.9. The van der Waals surface area contributed by atoms with Crippen LogP contribution in [0.15, 0.2) is 133 Å². The first-order chi connectivity index (χ1) is 21.7. The van der Waals surface area contributed by atoms with Gasteiger partial charge in [0, 0.05) is 27.1 Å². The molecule has 44 heavy (non-hydrogen) atoms. The molecule has 0 aliphatic carbocycles. The summed E-state index contributed by atoms with van der Waals surface area (Å²) in [6, 6.07) is 45.3. The van der Waals surface area contributed by atoms with Gasteiger partial charge in [-0.1, -0.05) is 121 Å². The smallest absolute Gasteiger partial charge is 0.423 e. The van der Waals surface area contributed by atoms with Gasteiger partial charge in [-0.15, -0.1) is 0 Å². The van der Waals surface area contributed by atoms with Gasteiger partial charge in [0.05, 0.1) is 22.2 Å². The number of benzene rings is 7. The molecule has 0 unspecified atom stereocenters. The third kappa shape index (κ3) is 3.56. The molecule has 0 fully saturated rings. The van der Waals surface area contributed by atoms with E-state index in [0.29, 0.717) is 11.4 Å². The van der Waals surface area contributed by atoms with Crippen LogP contribution in [-0.2, 0) is 0 Å². The van der Waals surface area contributed by atoms with E-state index in [1.807, 2.05) is 42.5 Å². The molecule has 2 aromatic heterocycles. The Labute approximate surface area is 252 Å². The number of fused-ring (bicyclic) bond motifs is 11. The Morgan fingerprint density at radius 1 is 0.500 bits per heavy atom. The van der Waals surface area contributed by atoms with Gasteiger partial charge in [0.1, 0.15) is 0 Å². The zero-order chi connectivity index (χ0) is 29.4. The minimum atomic E-state index is -1.57. The average Bonchev–Trinajstić information content (AvgIpc) is 3.42. The summed E-state index contributed by atoms with van der Waals surface area (Å²) < 4.78 is 2.11. The monoisotopic (exact) mass is 565 g/mol. The molecular formula is C38H24BN3O2. The Morgan fingerprint density at radius 3 is 1.91 bits per heavy atom. The van der Waals surface area contributed by atoms with Crippen LogP contribution in [0.3, 0.4) is 0 Å². The molecule has 0 saturated heterocycles. The van der Waals surface area contributed by atoms with Crippen molar-refractivity contribution in [2.75, 3.05) is 0 Å². The molecule has 9 aromatic rings. The largest absolute Gasteiger partial charge is 0.488 e. The third-order valence-electron chi connectivity index (χ3n) is 8.79. The number of aromatic nitrogens is 3. The SMILES string of the molecule is OB(O)c1ccc2c(c1)c1c3ccccc3ccc1n2-c1nc(-c2ccccc2)c2c3ccccc3c3ccccc3c2n1. The van der Waals surface area contributed by atoms with Crippen molar-refractivity contribution in [2.45, 2.75) is 0 Å². The van der Waals surface area contributed by atoms with Gasteiger partial charge >= 0.3 is 7.12 Å². The lowest BCUT2D eigenvalue weighted by atomic mass is 9.79. The van der Waals surface area contributed by atoms with Crippen LogP contribution in [0.5, 0.6) is 0 Å². The fraction of sp³-hybridized carbons (Fsp3) is 0. The van der Waals surface area contributed by atoms with Crippen LogP contribution in [0.1, 0.15) is 0 Å². The molecule has 206 valence electrons. The van der Waals surface area contributed by atoms with Gasteiger partial charge in [-0.3, -0.25) is 4.57 Å². The molecule has 0 aliphatic heterocycles. The van der Waals surface area contributed by atoms with Crippen molar-refractivity contribution in [3.05, 3.63) is 133 Å². The second-order valence-electron chi connectivity index (χ2n) is 11.2. The molecule has 0 radical (unpaired) electrons. The zero-order valence-corrected chi connectivity index (χ0v) is 23.5. The maximum absolute atomic E-state index is 10.1. The molecule has 0 atom stereocenters. The molecule has 5 nitrogen and oxygen atoms in total. The van der Waals surface area contributed by atoms with Gasteiger partial charge < -0.3 is 10.0 Å². The number of nitrogens with zero attached hydrogens (tertiary/aromatic N) is 3. The highest BCUT2D eigenvalue weighted by molar-refractivity contribution is 6.59. The summed E-state index contributed by atoms with van der Waals surface area (Å²) in [5, 5.41) is 29.8. The molecular weight excluding hydrogens is 541 g/mol. The van der Waals surface area contributed by atoms with Crippen molar-refractivity contribution >= 4 is 77.6 Å². The lowest BCUT2D eigenvalue weighted by molar-refractivity contribution is 0.426. The van der Waals surface area contributed by atoms with Gasteiger partial charge in [0.15, 0.2) is 0 Å². The van der Waals surface area contributed by atoms with Gasteiger partial charge in [-0.25, -0.2) is 9.97 Å². The lowest BCUT2D eigenvalue weighted by Crippen LogP contribution is -2.29. The van der Waals surface area contributed by atoms with E-state index in [-0.39, 0.29) is 0 Å². The second kappa shape index (κ2) is 9.48. The van der Waals surface area contributed by atoms with Crippen LogP contribution in [0.2, 0.25) is 0 Å². The maximum Gasteiger partial charge on any atom is 0.488 e. The minimum Gasteiger partial charge on any atom is -0.423 e. The summed E-state index contributed by atoms with van der Waals surface area (Å²) in [5.74, 6) is 0.560. The Balaban J connectivity index is 1.50. The summed E-state index contributed by atoms with van der Waals surface area (Å²) in [6.07, 6.45) is 0. The van der Waals surface area contributed by atoms with Crippen LogP contribution in [0.25, 0.3) is 82.2 Å². The number of hydrogen-bond donors (Lipinski definition) is 2. The molecule has 9 rings (SSSR count). The van der Waals surface area contributed by atoms with E-state index in [2.05, 4.69) is 89.5 Å². The molecule has 2 heterocycles. The topological polar surface area (TPSA) is 71.2 Å². The first-order valence-corrected chi connectivity index (χ1v) is 14.7. The molecule has 0 saturated carbocycles. The molecule has 2 N–H and O–H groups in total. The van der Waals surface area contributed by atoms with Gasteiger partial charge in [0.25, 0.3) is 0 Å². The Morgan fingerprint density at radius 2 is 1.14 bits per heavy atom. The highest BCUT2D eigenvalue weighted by atomic mass is 16.4. The van der Waals surface area contributed by atoms with Crippen LogP contribution < -0.4 is 5.46 Å². The van der Waals surface area contributed by atoms with Crippen molar-refractivity contribution in [3.63, 3.8) is 0 Å². The van der Waals surface area contributed by atoms with Crippen LogP contribution >= 0.6 is 0 Å². The summed E-state index contributed by atoms with van der Waals surface area (Å²) in [4.78, 5) is 10.7. The average molecular weight is 565 g/mol. The molecule has 0 aliphatic rings. The van der Waals surface area contributed by atoms with E-state index in [9.17, 15) is 10.0 Å². The van der Waals surface area contributed by atoms with Crippen molar-refractivity contribution < 1.29 is 10.0 Å². The van der Waals surface area contributed by atoms with Gasteiger partial charge in [0.2, 0.25) is 5.95 Å². The summed E-state index contributed by atoms with van der Waals surface area (Å²) >= 11 is 0.